The van der Waals surface area contributed by atoms with E-state index < -0.39 is 0 Å². The quantitative estimate of drug-likeness (QED) is 0.728. The van der Waals surface area contributed by atoms with E-state index in [0.29, 0.717) is 26.1 Å². The molecule has 128 valence electrons. The molecule has 0 aromatic rings. The normalized spacial score (nSPS) is 29.9. The SMILES string of the molecule is CN1CCC(C(=O)N2CCCC(N3CCNCC3=O)C2)CC1=O. The monoisotopic (exact) mass is 322 g/mol. The average Bonchev–Trinajstić information content (AvgIpc) is 2.57. The Morgan fingerprint density at radius 2 is 1.96 bits per heavy atom. The van der Waals surface area contributed by atoms with Crippen molar-refractivity contribution in [1.29, 1.82) is 0 Å². The molecule has 1 N–H and O–H groups in total. The largest absolute Gasteiger partial charge is 0.346 e. The molecule has 2 atom stereocenters. The fourth-order valence-corrected chi connectivity index (χ4v) is 3.83. The van der Waals surface area contributed by atoms with E-state index in [1.54, 1.807) is 11.9 Å². The highest BCUT2D eigenvalue weighted by Gasteiger charge is 2.36. The Morgan fingerprint density at radius 3 is 2.70 bits per heavy atom. The molecule has 0 bridgehead atoms. The minimum absolute atomic E-state index is 0.0560. The third-order valence-electron chi connectivity index (χ3n) is 5.28. The Morgan fingerprint density at radius 1 is 1.13 bits per heavy atom. The minimum atomic E-state index is -0.184. The molecule has 7 nitrogen and oxygen atoms in total. The van der Waals surface area contributed by atoms with Gasteiger partial charge in [0.15, 0.2) is 0 Å². The molecule has 3 aliphatic rings. The number of nitrogens with zero attached hydrogens (tertiary/aromatic N) is 3. The van der Waals surface area contributed by atoms with Crippen molar-refractivity contribution in [2.75, 3.05) is 46.3 Å². The maximum absolute atomic E-state index is 12.8. The number of hydrogen-bond acceptors (Lipinski definition) is 4. The van der Waals surface area contributed by atoms with Crippen LogP contribution in [0.25, 0.3) is 0 Å². The summed E-state index contributed by atoms with van der Waals surface area (Å²) in [5.41, 5.74) is 0. The van der Waals surface area contributed by atoms with E-state index >= 15 is 0 Å². The minimum Gasteiger partial charge on any atom is -0.346 e. The highest BCUT2D eigenvalue weighted by molar-refractivity contribution is 5.87. The molecule has 0 saturated carbocycles. The van der Waals surface area contributed by atoms with E-state index in [1.807, 2.05) is 9.80 Å². The van der Waals surface area contributed by atoms with Crippen molar-refractivity contribution in [1.82, 2.24) is 20.0 Å². The van der Waals surface area contributed by atoms with Crippen molar-refractivity contribution in [3.05, 3.63) is 0 Å². The van der Waals surface area contributed by atoms with Gasteiger partial charge in [-0.1, -0.05) is 0 Å². The molecule has 0 aromatic carbocycles. The van der Waals surface area contributed by atoms with Crippen LogP contribution >= 0.6 is 0 Å². The van der Waals surface area contributed by atoms with Crippen molar-refractivity contribution < 1.29 is 14.4 Å². The summed E-state index contributed by atoms with van der Waals surface area (Å²) in [7, 11) is 1.79. The summed E-state index contributed by atoms with van der Waals surface area (Å²) in [6.07, 6.45) is 2.95. The van der Waals surface area contributed by atoms with Gasteiger partial charge in [0.1, 0.15) is 0 Å². The van der Waals surface area contributed by atoms with Crippen LogP contribution in [-0.2, 0) is 14.4 Å². The molecule has 3 saturated heterocycles. The first kappa shape index (κ1) is 16.2. The van der Waals surface area contributed by atoms with E-state index in [1.165, 1.54) is 0 Å². The fourth-order valence-electron chi connectivity index (χ4n) is 3.83. The molecule has 3 amide bonds. The molecule has 3 heterocycles. The number of hydrogen-bond donors (Lipinski definition) is 1. The van der Waals surface area contributed by atoms with Crippen LogP contribution in [0.3, 0.4) is 0 Å². The number of carbonyl (C=O) groups excluding carboxylic acids is 3. The first-order chi connectivity index (χ1) is 11.1. The second-order valence-electron chi connectivity index (χ2n) is 6.85. The summed E-state index contributed by atoms with van der Waals surface area (Å²) in [5, 5.41) is 3.08. The van der Waals surface area contributed by atoms with Crippen LogP contribution in [0.1, 0.15) is 25.7 Å². The van der Waals surface area contributed by atoms with Crippen molar-refractivity contribution in [2.24, 2.45) is 5.92 Å². The van der Waals surface area contributed by atoms with Crippen LogP contribution in [-0.4, -0.2) is 84.8 Å². The third-order valence-corrected chi connectivity index (χ3v) is 5.28. The molecule has 0 aliphatic carbocycles. The zero-order chi connectivity index (χ0) is 16.4. The van der Waals surface area contributed by atoms with Gasteiger partial charge in [-0.25, -0.2) is 0 Å². The van der Waals surface area contributed by atoms with Gasteiger partial charge in [-0.2, -0.15) is 0 Å². The number of nitrogens with one attached hydrogen (secondary N) is 1. The topological polar surface area (TPSA) is 73.0 Å². The van der Waals surface area contributed by atoms with Gasteiger partial charge in [0, 0.05) is 58.2 Å². The molecule has 3 rings (SSSR count). The summed E-state index contributed by atoms with van der Waals surface area (Å²) in [5.74, 6) is 0.0976. The van der Waals surface area contributed by atoms with Crippen LogP contribution < -0.4 is 5.32 Å². The van der Waals surface area contributed by atoms with Crippen molar-refractivity contribution in [3.8, 4) is 0 Å². The van der Waals surface area contributed by atoms with Crippen molar-refractivity contribution in [3.63, 3.8) is 0 Å². The standard InChI is InChI=1S/C16H26N4O3/c1-18-7-4-12(9-14(18)21)16(23)19-6-2-3-13(11-19)20-8-5-17-10-15(20)22/h12-13,17H,2-11H2,1H3. The highest BCUT2D eigenvalue weighted by atomic mass is 16.2. The fraction of sp³-hybridized carbons (Fsp3) is 0.812. The van der Waals surface area contributed by atoms with E-state index in [-0.39, 0.29) is 29.7 Å². The van der Waals surface area contributed by atoms with Crippen LogP contribution in [0.2, 0.25) is 0 Å². The van der Waals surface area contributed by atoms with Gasteiger partial charge in [-0.15, -0.1) is 0 Å². The van der Waals surface area contributed by atoms with Gasteiger partial charge < -0.3 is 20.0 Å². The van der Waals surface area contributed by atoms with E-state index in [0.717, 1.165) is 38.9 Å². The summed E-state index contributed by atoms with van der Waals surface area (Å²) in [6, 6.07) is 0.129. The summed E-state index contributed by atoms with van der Waals surface area (Å²) < 4.78 is 0. The van der Waals surface area contributed by atoms with Crippen molar-refractivity contribution in [2.45, 2.75) is 31.7 Å². The smallest absolute Gasteiger partial charge is 0.236 e. The van der Waals surface area contributed by atoms with Gasteiger partial charge in [-0.3, -0.25) is 14.4 Å². The second-order valence-corrected chi connectivity index (χ2v) is 6.85. The Labute approximate surface area is 137 Å². The highest BCUT2D eigenvalue weighted by Crippen LogP contribution is 2.23. The lowest BCUT2D eigenvalue weighted by molar-refractivity contribution is -0.147. The summed E-state index contributed by atoms with van der Waals surface area (Å²) in [4.78, 5) is 42.2. The van der Waals surface area contributed by atoms with Gasteiger partial charge in [0.2, 0.25) is 17.7 Å². The Bertz CT molecular complexity index is 496. The number of rotatable bonds is 2. The van der Waals surface area contributed by atoms with E-state index in [2.05, 4.69) is 5.32 Å². The summed E-state index contributed by atoms with van der Waals surface area (Å²) >= 11 is 0. The lowest BCUT2D eigenvalue weighted by Crippen LogP contribution is -2.58. The van der Waals surface area contributed by atoms with Crippen LogP contribution in [0, 0.1) is 5.92 Å². The van der Waals surface area contributed by atoms with E-state index in [4.69, 9.17) is 0 Å². The second kappa shape index (κ2) is 6.86. The third kappa shape index (κ3) is 3.49. The number of carbonyl (C=O) groups is 3. The molecule has 3 aliphatic heterocycles. The number of piperidine rings is 2. The van der Waals surface area contributed by atoms with Gasteiger partial charge >= 0.3 is 0 Å². The van der Waals surface area contributed by atoms with Gasteiger partial charge in [-0.05, 0) is 19.3 Å². The zero-order valence-electron chi connectivity index (χ0n) is 13.8. The summed E-state index contributed by atoms with van der Waals surface area (Å²) in [6.45, 7) is 3.95. The predicted octanol–water partition coefficient (Wildman–Crippen LogP) is -0.722. The first-order valence-corrected chi connectivity index (χ1v) is 8.59. The van der Waals surface area contributed by atoms with Crippen molar-refractivity contribution >= 4 is 17.7 Å². The maximum Gasteiger partial charge on any atom is 0.236 e. The Hall–Kier alpha value is -1.63. The number of likely N-dealkylation sites (tertiary alicyclic amines) is 2. The molecular formula is C16H26N4O3. The molecule has 7 heteroatoms. The van der Waals surface area contributed by atoms with Crippen LogP contribution in [0.5, 0.6) is 0 Å². The van der Waals surface area contributed by atoms with Gasteiger partial charge in [0.25, 0.3) is 0 Å². The lowest BCUT2D eigenvalue weighted by Gasteiger charge is -2.42. The van der Waals surface area contributed by atoms with Crippen LogP contribution in [0.4, 0.5) is 0 Å². The molecule has 23 heavy (non-hydrogen) atoms. The zero-order valence-corrected chi connectivity index (χ0v) is 13.8. The Kier molecular flexibility index (Phi) is 4.84. The van der Waals surface area contributed by atoms with Gasteiger partial charge in [0.05, 0.1) is 6.54 Å². The number of piperazine rings is 1. The maximum atomic E-state index is 12.8. The van der Waals surface area contributed by atoms with Crippen LogP contribution in [0.15, 0.2) is 0 Å². The lowest BCUT2D eigenvalue weighted by atomic mass is 9.93. The Balaban J connectivity index is 1.60. The molecule has 0 radical (unpaired) electrons. The molecule has 2 unspecified atom stereocenters. The average molecular weight is 322 g/mol. The molecule has 3 fully saturated rings. The molecular weight excluding hydrogens is 296 g/mol. The number of amides is 3. The molecule has 0 spiro atoms. The van der Waals surface area contributed by atoms with E-state index in [9.17, 15) is 14.4 Å². The predicted molar refractivity (Wildman–Crippen MR) is 84.5 cm³/mol. The first-order valence-electron chi connectivity index (χ1n) is 8.59. The molecule has 0 aromatic heterocycles.